The second kappa shape index (κ2) is 5.90. The van der Waals surface area contributed by atoms with Crippen molar-refractivity contribution in [3.63, 3.8) is 0 Å². The molecule has 1 aliphatic heterocycles. The standard InChI is InChI=1S/C13H19N3O3S/c14-9-10-5-7-16(8-6-10)20(18,19)12-3-1-11(2-4-12)13(15)17/h1-4,10H,5-9,14H2,(H2,15,17). The molecular weight excluding hydrogens is 278 g/mol. The fraction of sp³-hybridized carbons (Fsp3) is 0.462. The van der Waals surface area contributed by atoms with Gasteiger partial charge in [0.05, 0.1) is 4.90 Å². The number of nitrogens with two attached hydrogens (primary N) is 2. The second-order valence-electron chi connectivity index (χ2n) is 4.97. The average Bonchev–Trinajstić information content (AvgIpc) is 2.47. The van der Waals surface area contributed by atoms with Gasteiger partial charge in [-0.15, -0.1) is 0 Å². The molecule has 1 aromatic rings. The van der Waals surface area contributed by atoms with Crippen LogP contribution >= 0.6 is 0 Å². The molecule has 0 unspecified atom stereocenters. The molecule has 7 heteroatoms. The SMILES string of the molecule is NCC1CCN(S(=O)(=O)c2ccc(C(N)=O)cc2)CC1. The largest absolute Gasteiger partial charge is 0.366 e. The predicted molar refractivity (Wildman–Crippen MR) is 75.5 cm³/mol. The van der Waals surface area contributed by atoms with Crippen molar-refractivity contribution in [3.8, 4) is 0 Å². The molecule has 0 radical (unpaired) electrons. The summed E-state index contributed by atoms with van der Waals surface area (Å²) in [5.74, 6) is -0.170. The van der Waals surface area contributed by atoms with Gasteiger partial charge in [-0.25, -0.2) is 8.42 Å². The van der Waals surface area contributed by atoms with Gasteiger partial charge in [-0.05, 0) is 49.6 Å². The van der Waals surface area contributed by atoms with E-state index in [0.717, 1.165) is 12.8 Å². The lowest BCUT2D eigenvalue weighted by Crippen LogP contribution is -2.40. The maximum atomic E-state index is 12.4. The molecule has 1 saturated heterocycles. The van der Waals surface area contributed by atoms with Crippen molar-refractivity contribution in [1.29, 1.82) is 0 Å². The molecule has 1 fully saturated rings. The van der Waals surface area contributed by atoms with Crippen LogP contribution in [0.25, 0.3) is 0 Å². The number of piperidine rings is 1. The molecule has 1 heterocycles. The summed E-state index contributed by atoms with van der Waals surface area (Å²) in [6.45, 7) is 1.57. The monoisotopic (exact) mass is 297 g/mol. The van der Waals surface area contributed by atoms with Crippen molar-refractivity contribution in [1.82, 2.24) is 4.31 Å². The van der Waals surface area contributed by atoms with Crippen LogP contribution in [0.15, 0.2) is 29.2 Å². The number of carbonyl (C=O) groups excluding carboxylic acids is 1. The van der Waals surface area contributed by atoms with E-state index in [0.29, 0.717) is 31.1 Å². The molecule has 0 aromatic heterocycles. The summed E-state index contributed by atoms with van der Waals surface area (Å²) >= 11 is 0. The molecule has 0 bridgehead atoms. The van der Waals surface area contributed by atoms with E-state index < -0.39 is 15.9 Å². The molecule has 0 aliphatic carbocycles. The highest BCUT2D eigenvalue weighted by Gasteiger charge is 2.28. The van der Waals surface area contributed by atoms with Crippen LogP contribution < -0.4 is 11.5 Å². The second-order valence-corrected chi connectivity index (χ2v) is 6.91. The van der Waals surface area contributed by atoms with E-state index in [1.165, 1.54) is 28.6 Å². The minimum absolute atomic E-state index is 0.189. The van der Waals surface area contributed by atoms with Crippen LogP contribution in [0.2, 0.25) is 0 Å². The lowest BCUT2D eigenvalue weighted by Gasteiger charge is -2.30. The molecule has 0 atom stereocenters. The molecule has 4 N–H and O–H groups in total. The Hall–Kier alpha value is -1.44. The number of benzene rings is 1. The lowest BCUT2D eigenvalue weighted by atomic mass is 9.99. The van der Waals surface area contributed by atoms with Crippen LogP contribution in [-0.2, 0) is 10.0 Å². The van der Waals surface area contributed by atoms with Crippen molar-refractivity contribution in [3.05, 3.63) is 29.8 Å². The Balaban J connectivity index is 2.16. The first-order valence-corrected chi connectivity index (χ1v) is 7.99. The van der Waals surface area contributed by atoms with Crippen LogP contribution in [0.5, 0.6) is 0 Å². The van der Waals surface area contributed by atoms with Gasteiger partial charge in [-0.3, -0.25) is 4.79 Å². The number of nitrogens with zero attached hydrogens (tertiary/aromatic N) is 1. The van der Waals surface area contributed by atoms with E-state index in [-0.39, 0.29) is 4.90 Å². The van der Waals surface area contributed by atoms with Crippen molar-refractivity contribution >= 4 is 15.9 Å². The molecule has 6 nitrogen and oxygen atoms in total. The third-order valence-corrected chi connectivity index (χ3v) is 5.60. The van der Waals surface area contributed by atoms with Crippen molar-refractivity contribution in [2.45, 2.75) is 17.7 Å². The Morgan fingerprint density at radius 1 is 1.20 bits per heavy atom. The van der Waals surface area contributed by atoms with Crippen LogP contribution in [0, 0.1) is 5.92 Å². The number of carbonyl (C=O) groups is 1. The highest BCUT2D eigenvalue weighted by Crippen LogP contribution is 2.23. The van der Waals surface area contributed by atoms with Gasteiger partial charge < -0.3 is 11.5 Å². The highest BCUT2D eigenvalue weighted by atomic mass is 32.2. The molecule has 110 valence electrons. The number of amides is 1. The van der Waals surface area contributed by atoms with Gasteiger partial charge in [0.2, 0.25) is 15.9 Å². The van der Waals surface area contributed by atoms with Gasteiger partial charge in [-0.2, -0.15) is 4.31 Å². The summed E-state index contributed by atoms with van der Waals surface area (Å²) in [6, 6.07) is 5.71. The Labute approximate surface area is 118 Å². The van der Waals surface area contributed by atoms with E-state index in [2.05, 4.69) is 0 Å². The predicted octanol–water partition coefficient (Wildman–Crippen LogP) is 0.145. The topological polar surface area (TPSA) is 106 Å². The third-order valence-electron chi connectivity index (χ3n) is 3.68. The zero-order chi connectivity index (χ0) is 14.8. The van der Waals surface area contributed by atoms with E-state index in [1.807, 2.05) is 0 Å². The lowest BCUT2D eigenvalue weighted by molar-refractivity contribution is 0.1000. The van der Waals surface area contributed by atoms with Crippen molar-refractivity contribution in [2.75, 3.05) is 19.6 Å². The van der Waals surface area contributed by atoms with Gasteiger partial charge in [0.1, 0.15) is 0 Å². The average molecular weight is 297 g/mol. The molecule has 1 aromatic carbocycles. The van der Waals surface area contributed by atoms with Crippen molar-refractivity contribution in [2.24, 2.45) is 17.4 Å². The number of rotatable bonds is 4. The number of sulfonamides is 1. The van der Waals surface area contributed by atoms with E-state index >= 15 is 0 Å². The molecule has 1 aliphatic rings. The summed E-state index contributed by atoms with van der Waals surface area (Å²) in [4.78, 5) is 11.2. The van der Waals surface area contributed by atoms with Crippen molar-refractivity contribution < 1.29 is 13.2 Å². The first-order valence-electron chi connectivity index (χ1n) is 6.55. The third kappa shape index (κ3) is 3.00. The number of hydrogen-bond acceptors (Lipinski definition) is 4. The Bertz CT molecular complexity index is 575. The minimum atomic E-state index is -3.50. The maximum absolute atomic E-state index is 12.4. The Morgan fingerprint density at radius 3 is 2.20 bits per heavy atom. The molecule has 2 rings (SSSR count). The summed E-state index contributed by atoms with van der Waals surface area (Å²) in [6.07, 6.45) is 1.57. The molecular formula is C13H19N3O3S. The van der Waals surface area contributed by atoms with E-state index in [9.17, 15) is 13.2 Å². The molecule has 0 spiro atoms. The molecule has 1 amide bonds. The van der Waals surface area contributed by atoms with Crippen LogP contribution in [0.3, 0.4) is 0 Å². The summed E-state index contributed by atoms with van der Waals surface area (Å²) in [5, 5.41) is 0. The maximum Gasteiger partial charge on any atom is 0.248 e. The zero-order valence-electron chi connectivity index (χ0n) is 11.2. The van der Waals surface area contributed by atoms with Gasteiger partial charge in [0, 0.05) is 18.7 Å². The van der Waals surface area contributed by atoms with E-state index in [4.69, 9.17) is 11.5 Å². The minimum Gasteiger partial charge on any atom is -0.366 e. The number of hydrogen-bond donors (Lipinski definition) is 2. The van der Waals surface area contributed by atoms with Crippen LogP contribution in [0.1, 0.15) is 23.2 Å². The molecule has 20 heavy (non-hydrogen) atoms. The smallest absolute Gasteiger partial charge is 0.248 e. The summed E-state index contributed by atoms with van der Waals surface area (Å²) in [7, 11) is -3.50. The van der Waals surface area contributed by atoms with Crippen LogP contribution in [0.4, 0.5) is 0 Å². The first kappa shape index (κ1) is 15.0. The normalized spacial score (nSPS) is 18.1. The molecule has 0 saturated carbocycles. The fourth-order valence-corrected chi connectivity index (χ4v) is 3.80. The van der Waals surface area contributed by atoms with Gasteiger partial charge in [0.15, 0.2) is 0 Å². The fourth-order valence-electron chi connectivity index (χ4n) is 2.33. The number of primary amides is 1. The zero-order valence-corrected chi connectivity index (χ0v) is 12.0. The van der Waals surface area contributed by atoms with E-state index in [1.54, 1.807) is 0 Å². The summed E-state index contributed by atoms with van der Waals surface area (Å²) in [5.41, 5.74) is 11.0. The Morgan fingerprint density at radius 2 is 1.75 bits per heavy atom. The summed E-state index contributed by atoms with van der Waals surface area (Å²) < 4.78 is 26.4. The van der Waals surface area contributed by atoms with Gasteiger partial charge in [-0.1, -0.05) is 0 Å². The quantitative estimate of drug-likeness (QED) is 0.824. The van der Waals surface area contributed by atoms with Gasteiger partial charge >= 0.3 is 0 Å². The Kier molecular flexibility index (Phi) is 4.42. The first-order chi connectivity index (χ1) is 9.45. The van der Waals surface area contributed by atoms with Gasteiger partial charge in [0.25, 0.3) is 0 Å². The van der Waals surface area contributed by atoms with Crippen LogP contribution in [-0.4, -0.2) is 38.3 Å². The highest BCUT2D eigenvalue weighted by molar-refractivity contribution is 7.89.